The van der Waals surface area contributed by atoms with E-state index in [0.29, 0.717) is 0 Å². The fourth-order valence-corrected chi connectivity index (χ4v) is 2.79. The Labute approximate surface area is 116 Å². The van der Waals surface area contributed by atoms with Crippen LogP contribution in [0.3, 0.4) is 0 Å². The van der Waals surface area contributed by atoms with Crippen LogP contribution < -0.4 is 10.2 Å². The summed E-state index contributed by atoms with van der Waals surface area (Å²) in [6.07, 6.45) is 3.82. The van der Waals surface area contributed by atoms with E-state index in [2.05, 4.69) is 17.4 Å². The van der Waals surface area contributed by atoms with Gasteiger partial charge in [0.1, 0.15) is 0 Å². The Morgan fingerprint density at radius 2 is 1.74 bits per heavy atom. The highest BCUT2D eigenvalue weighted by Gasteiger charge is 2.27. The third kappa shape index (κ3) is 3.80. The smallest absolute Gasteiger partial charge is 0.278 e. The second-order valence-electron chi connectivity index (χ2n) is 5.58. The number of nitrogens with one attached hydrogen (secondary N) is 2. The fourth-order valence-electron chi connectivity index (χ4n) is 2.79. The first-order valence-corrected chi connectivity index (χ1v) is 7.38. The number of hydrogen-bond donors (Lipinski definition) is 2. The van der Waals surface area contributed by atoms with E-state index in [1.165, 1.54) is 24.2 Å². The van der Waals surface area contributed by atoms with Crippen molar-refractivity contribution in [1.29, 1.82) is 0 Å². The minimum atomic E-state index is 0.0615. The number of carbonyl (C=O) groups excluding carboxylic acids is 1. The lowest BCUT2D eigenvalue weighted by atomic mass is 10.1. The van der Waals surface area contributed by atoms with Gasteiger partial charge < -0.3 is 10.2 Å². The molecule has 0 radical (unpaired) electrons. The molecule has 0 aromatic heterocycles. The van der Waals surface area contributed by atoms with Crippen LogP contribution in [-0.2, 0) is 4.79 Å². The Hall–Kier alpha value is -1.35. The van der Waals surface area contributed by atoms with Gasteiger partial charge in [0.05, 0.1) is 19.1 Å². The average molecular weight is 261 g/mol. The first-order chi connectivity index (χ1) is 9.18. The molecule has 1 heterocycles. The van der Waals surface area contributed by atoms with Crippen LogP contribution >= 0.6 is 0 Å². The molecule has 1 aromatic carbocycles. The van der Waals surface area contributed by atoms with Crippen LogP contribution in [0.5, 0.6) is 0 Å². The second-order valence-corrected chi connectivity index (χ2v) is 5.58. The van der Waals surface area contributed by atoms with Crippen LogP contribution in [0.25, 0.3) is 0 Å². The van der Waals surface area contributed by atoms with Gasteiger partial charge in [-0.15, -0.1) is 0 Å². The molecule has 1 amide bonds. The number of likely N-dealkylation sites (tertiary alicyclic amines) is 1. The van der Waals surface area contributed by atoms with E-state index in [1.807, 2.05) is 32.0 Å². The van der Waals surface area contributed by atoms with Gasteiger partial charge in [-0.1, -0.05) is 30.3 Å². The Balaban J connectivity index is 1.89. The molecule has 0 spiro atoms. The molecule has 0 aliphatic carbocycles. The van der Waals surface area contributed by atoms with Crippen LogP contribution in [0.15, 0.2) is 30.3 Å². The highest BCUT2D eigenvalue weighted by Crippen LogP contribution is 2.10. The highest BCUT2D eigenvalue weighted by atomic mass is 16.2. The van der Waals surface area contributed by atoms with Crippen LogP contribution in [0, 0.1) is 0 Å². The molecule has 0 unspecified atom stereocenters. The van der Waals surface area contributed by atoms with Crippen LogP contribution in [0.4, 0.5) is 0 Å². The molecule has 1 aliphatic heterocycles. The fraction of sp³-hybridized carbons (Fsp3) is 0.562. The zero-order chi connectivity index (χ0) is 13.7. The Morgan fingerprint density at radius 3 is 2.37 bits per heavy atom. The van der Waals surface area contributed by atoms with Gasteiger partial charge >= 0.3 is 0 Å². The minimum absolute atomic E-state index is 0.0615. The molecular weight excluding hydrogens is 236 g/mol. The summed E-state index contributed by atoms with van der Waals surface area (Å²) >= 11 is 0. The summed E-state index contributed by atoms with van der Waals surface area (Å²) in [5.41, 5.74) is 1.16. The largest absolute Gasteiger partial charge is 0.344 e. The standard InChI is InChI=1S/C16H24N2O/c1-13(15-9-5-3-6-10-15)17-16(19)14(2)18-11-7-4-8-12-18/h3,5-6,9-10,13-14H,4,7-8,11-12H2,1-2H3,(H,17,19)/p+1/t13-,14+/m1/s1. The topological polar surface area (TPSA) is 33.5 Å². The van der Waals surface area contributed by atoms with E-state index in [-0.39, 0.29) is 18.0 Å². The SMILES string of the molecule is C[C@@H](NC(=O)[C@H](C)[NH+]1CCCCC1)c1ccccc1. The van der Waals surface area contributed by atoms with E-state index in [4.69, 9.17) is 0 Å². The molecule has 19 heavy (non-hydrogen) atoms. The highest BCUT2D eigenvalue weighted by molar-refractivity contribution is 5.80. The third-order valence-electron chi connectivity index (χ3n) is 4.16. The molecule has 2 N–H and O–H groups in total. The Bertz CT molecular complexity index is 398. The first-order valence-electron chi connectivity index (χ1n) is 7.38. The Kier molecular flexibility index (Phi) is 4.97. The number of rotatable bonds is 4. The number of piperidine rings is 1. The van der Waals surface area contributed by atoms with E-state index < -0.39 is 0 Å². The van der Waals surface area contributed by atoms with Crippen molar-refractivity contribution in [2.45, 2.75) is 45.2 Å². The van der Waals surface area contributed by atoms with Gasteiger partial charge in [0.2, 0.25) is 0 Å². The Morgan fingerprint density at radius 1 is 1.11 bits per heavy atom. The normalized spacial score (nSPS) is 19.7. The molecule has 1 aliphatic rings. The maximum atomic E-state index is 12.3. The summed E-state index contributed by atoms with van der Waals surface area (Å²) in [5.74, 6) is 0.174. The zero-order valence-corrected chi connectivity index (χ0v) is 12.0. The van der Waals surface area contributed by atoms with Crippen molar-refractivity contribution in [3.05, 3.63) is 35.9 Å². The minimum Gasteiger partial charge on any atom is -0.344 e. The van der Waals surface area contributed by atoms with Crippen LogP contribution in [0.1, 0.15) is 44.7 Å². The van der Waals surface area contributed by atoms with Gasteiger partial charge in [0.15, 0.2) is 6.04 Å². The molecule has 2 rings (SSSR count). The van der Waals surface area contributed by atoms with Crippen molar-refractivity contribution < 1.29 is 9.69 Å². The van der Waals surface area contributed by atoms with Gasteiger partial charge in [-0.25, -0.2) is 0 Å². The van der Waals surface area contributed by atoms with Gasteiger partial charge in [0.25, 0.3) is 5.91 Å². The zero-order valence-electron chi connectivity index (χ0n) is 12.0. The lowest BCUT2D eigenvalue weighted by Crippen LogP contribution is -3.17. The maximum absolute atomic E-state index is 12.3. The van der Waals surface area contributed by atoms with Crippen molar-refractivity contribution in [2.75, 3.05) is 13.1 Å². The average Bonchev–Trinajstić information content (AvgIpc) is 2.48. The summed E-state index contributed by atoms with van der Waals surface area (Å²) in [6.45, 7) is 6.36. The number of amides is 1. The number of carbonyl (C=O) groups is 1. The van der Waals surface area contributed by atoms with E-state index in [9.17, 15) is 4.79 Å². The van der Waals surface area contributed by atoms with Crippen molar-refractivity contribution in [3.63, 3.8) is 0 Å². The molecule has 3 nitrogen and oxygen atoms in total. The number of benzene rings is 1. The summed E-state index contributed by atoms with van der Waals surface area (Å²) < 4.78 is 0. The van der Waals surface area contributed by atoms with Crippen molar-refractivity contribution >= 4 is 5.91 Å². The molecule has 104 valence electrons. The van der Waals surface area contributed by atoms with Crippen LogP contribution in [0.2, 0.25) is 0 Å². The molecule has 2 atom stereocenters. The third-order valence-corrected chi connectivity index (χ3v) is 4.16. The predicted octanol–water partition coefficient (Wildman–Crippen LogP) is 1.32. The number of quaternary nitrogens is 1. The molecular formula is C16H25N2O+. The number of hydrogen-bond acceptors (Lipinski definition) is 1. The van der Waals surface area contributed by atoms with Gasteiger partial charge in [-0.05, 0) is 38.7 Å². The van der Waals surface area contributed by atoms with E-state index in [1.54, 1.807) is 0 Å². The van der Waals surface area contributed by atoms with Gasteiger partial charge in [0, 0.05) is 0 Å². The molecule has 0 saturated carbocycles. The molecule has 1 fully saturated rings. The van der Waals surface area contributed by atoms with Crippen molar-refractivity contribution in [2.24, 2.45) is 0 Å². The summed E-state index contributed by atoms with van der Waals surface area (Å²) in [7, 11) is 0. The van der Waals surface area contributed by atoms with Gasteiger partial charge in [-0.3, -0.25) is 4.79 Å². The van der Waals surface area contributed by atoms with E-state index >= 15 is 0 Å². The molecule has 0 bridgehead atoms. The lowest BCUT2D eigenvalue weighted by molar-refractivity contribution is -0.918. The summed E-state index contributed by atoms with van der Waals surface area (Å²) in [5, 5.41) is 3.13. The predicted molar refractivity (Wildman–Crippen MR) is 77.0 cm³/mol. The molecule has 1 saturated heterocycles. The molecule has 1 aromatic rings. The monoisotopic (exact) mass is 261 g/mol. The van der Waals surface area contributed by atoms with Crippen molar-refractivity contribution in [1.82, 2.24) is 5.32 Å². The second kappa shape index (κ2) is 6.71. The quantitative estimate of drug-likeness (QED) is 0.842. The maximum Gasteiger partial charge on any atom is 0.278 e. The summed E-state index contributed by atoms with van der Waals surface area (Å²) in [4.78, 5) is 13.7. The van der Waals surface area contributed by atoms with Gasteiger partial charge in [-0.2, -0.15) is 0 Å². The van der Waals surface area contributed by atoms with Crippen molar-refractivity contribution in [3.8, 4) is 0 Å². The van der Waals surface area contributed by atoms with Crippen LogP contribution in [-0.4, -0.2) is 25.0 Å². The molecule has 3 heteroatoms. The van der Waals surface area contributed by atoms with E-state index in [0.717, 1.165) is 18.7 Å². The first kappa shape index (κ1) is 14.1. The summed E-state index contributed by atoms with van der Waals surface area (Å²) in [6, 6.07) is 10.3. The lowest BCUT2D eigenvalue weighted by Gasteiger charge is -2.29.